The van der Waals surface area contributed by atoms with Crippen LogP contribution in [0.5, 0.6) is 0 Å². The average Bonchev–Trinajstić information content (AvgIpc) is 2.88. The minimum atomic E-state index is 0. The first-order valence-corrected chi connectivity index (χ1v) is 7.13. The molecule has 1 fully saturated rings. The van der Waals surface area contributed by atoms with Crippen LogP contribution in [0.2, 0.25) is 0 Å². The standard InChI is InChI=1S/C12H19N3OS.2ClH/c16-12(4-3-11-8-17-9-15-11)14-7-10-2-1-5-13-6-10;;/h8-10,13H,1-7H2,(H,14,16);2*1H. The van der Waals surface area contributed by atoms with Crippen LogP contribution in [-0.2, 0) is 11.2 Å². The van der Waals surface area contributed by atoms with Gasteiger partial charge < -0.3 is 10.6 Å². The van der Waals surface area contributed by atoms with Crippen LogP contribution >= 0.6 is 36.2 Å². The molecule has 4 nitrogen and oxygen atoms in total. The van der Waals surface area contributed by atoms with Crippen LogP contribution in [0.25, 0.3) is 0 Å². The molecule has 2 rings (SSSR count). The highest BCUT2D eigenvalue weighted by molar-refractivity contribution is 7.07. The molecular weight excluding hydrogens is 305 g/mol. The van der Waals surface area contributed by atoms with Gasteiger partial charge in [0, 0.05) is 18.3 Å². The van der Waals surface area contributed by atoms with Gasteiger partial charge in [-0.05, 0) is 38.3 Å². The summed E-state index contributed by atoms with van der Waals surface area (Å²) < 4.78 is 0. The molecule has 1 aromatic rings. The molecule has 19 heavy (non-hydrogen) atoms. The first-order valence-electron chi connectivity index (χ1n) is 6.19. The number of carbonyl (C=O) groups excluding carboxylic acids is 1. The number of rotatable bonds is 5. The van der Waals surface area contributed by atoms with Crippen molar-refractivity contribution in [3.63, 3.8) is 0 Å². The van der Waals surface area contributed by atoms with Crippen LogP contribution in [-0.4, -0.2) is 30.5 Å². The first-order chi connectivity index (χ1) is 8.34. The quantitative estimate of drug-likeness (QED) is 0.871. The number of nitrogens with zero attached hydrogens (tertiary/aromatic N) is 1. The van der Waals surface area contributed by atoms with Crippen LogP contribution in [0.4, 0.5) is 0 Å². The molecule has 1 unspecified atom stereocenters. The fraction of sp³-hybridized carbons (Fsp3) is 0.667. The Morgan fingerprint density at radius 2 is 2.37 bits per heavy atom. The molecule has 7 heteroatoms. The van der Waals surface area contributed by atoms with Crippen LogP contribution < -0.4 is 10.6 Å². The fourth-order valence-electron chi connectivity index (χ4n) is 2.05. The van der Waals surface area contributed by atoms with Crippen LogP contribution in [0, 0.1) is 5.92 Å². The zero-order valence-corrected chi connectivity index (χ0v) is 13.2. The molecule has 1 aromatic heterocycles. The van der Waals surface area contributed by atoms with E-state index in [4.69, 9.17) is 0 Å². The van der Waals surface area contributed by atoms with Crippen LogP contribution in [0.1, 0.15) is 25.0 Å². The van der Waals surface area contributed by atoms with E-state index >= 15 is 0 Å². The van der Waals surface area contributed by atoms with Gasteiger partial charge in [0.25, 0.3) is 0 Å². The molecule has 1 saturated heterocycles. The Bertz CT molecular complexity index is 343. The number of hydrogen-bond acceptors (Lipinski definition) is 4. The molecule has 0 bridgehead atoms. The number of aryl methyl sites for hydroxylation is 1. The lowest BCUT2D eigenvalue weighted by Gasteiger charge is -2.22. The molecule has 0 spiro atoms. The lowest BCUT2D eigenvalue weighted by Crippen LogP contribution is -2.38. The number of carbonyl (C=O) groups is 1. The Morgan fingerprint density at radius 3 is 3.00 bits per heavy atom. The van der Waals surface area contributed by atoms with Gasteiger partial charge in [-0.2, -0.15) is 0 Å². The summed E-state index contributed by atoms with van der Waals surface area (Å²) in [5.74, 6) is 0.746. The molecule has 0 radical (unpaired) electrons. The molecule has 1 atom stereocenters. The minimum absolute atomic E-state index is 0. The smallest absolute Gasteiger partial charge is 0.220 e. The van der Waals surface area contributed by atoms with Gasteiger partial charge in [0.15, 0.2) is 0 Å². The zero-order valence-electron chi connectivity index (χ0n) is 10.8. The van der Waals surface area contributed by atoms with E-state index in [1.807, 2.05) is 5.38 Å². The Hall–Kier alpha value is -0.360. The lowest BCUT2D eigenvalue weighted by molar-refractivity contribution is -0.121. The van der Waals surface area contributed by atoms with Crippen molar-refractivity contribution in [1.29, 1.82) is 0 Å². The van der Waals surface area contributed by atoms with E-state index in [-0.39, 0.29) is 30.7 Å². The minimum Gasteiger partial charge on any atom is -0.356 e. The number of nitrogens with one attached hydrogen (secondary N) is 2. The molecule has 2 N–H and O–H groups in total. The highest BCUT2D eigenvalue weighted by Gasteiger charge is 2.13. The molecule has 0 saturated carbocycles. The van der Waals surface area contributed by atoms with Crippen molar-refractivity contribution < 1.29 is 4.79 Å². The van der Waals surface area contributed by atoms with E-state index in [0.717, 1.165) is 31.7 Å². The largest absolute Gasteiger partial charge is 0.356 e. The molecule has 0 aromatic carbocycles. The van der Waals surface area contributed by atoms with Gasteiger partial charge in [0.1, 0.15) is 0 Å². The number of halogens is 2. The second-order valence-electron chi connectivity index (χ2n) is 4.50. The summed E-state index contributed by atoms with van der Waals surface area (Å²) in [6.07, 6.45) is 3.74. The van der Waals surface area contributed by atoms with Gasteiger partial charge in [0.2, 0.25) is 5.91 Å². The van der Waals surface area contributed by atoms with E-state index in [0.29, 0.717) is 12.3 Å². The normalized spacial score (nSPS) is 18.0. The molecule has 0 aliphatic carbocycles. The maximum atomic E-state index is 11.6. The third-order valence-corrected chi connectivity index (χ3v) is 3.71. The summed E-state index contributed by atoms with van der Waals surface area (Å²) >= 11 is 1.58. The average molecular weight is 326 g/mol. The SMILES string of the molecule is Cl.Cl.O=C(CCc1cscn1)NCC1CCCNC1. The summed E-state index contributed by atoms with van der Waals surface area (Å²) in [6.45, 7) is 2.96. The number of hydrogen-bond donors (Lipinski definition) is 2. The highest BCUT2D eigenvalue weighted by Crippen LogP contribution is 2.08. The zero-order chi connectivity index (χ0) is 11.9. The topological polar surface area (TPSA) is 54.0 Å². The summed E-state index contributed by atoms with van der Waals surface area (Å²) in [4.78, 5) is 15.8. The van der Waals surface area contributed by atoms with Crippen LogP contribution in [0.3, 0.4) is 0 Å². The van der Waals surface area contributed by atoms with Gasteiger partial charge in [-0.1, -0.05) is 0 Å². The summed E-state index contributed by atoms with van der Waals surface area (Å²) in [5, 5.41) is 8.36. The second kappa shape index (κ2) is 10.4. The van der Waals surface area contributed by atoms with Crippen molar-refractivity contribution in [2.75, 3.05) is 19.6 Å². The number of thiazole rings is 1. The predicted molar refractivity (Wildman–Crippen MR) is 83.5 cm³/mol. The Labute approximate surface area is 130 Å². The van der Waals surface area contributed by atoms with Gasteiger partial charge in [-0.3, -0.25) is 4.79 Å². The van der Waals surface area contributed by atoms with Crippen molar-refractivity contribution in [3.05, 3.63) is 16.6 Å². The molecule has 110 valence electrons. The predicted octanol–water partition coefficient (Wildman–Crippen LogP) is 2.04. The monoisotopic (exact) mass is 325 g/mol. The Balaban J connectivity index is 0.00000162. The Morgan fingerprint density at radius 1 is 1.53 bits per heavy atom. The number of piperidine rings is 1. The highest BCUT2D eigenvalue weighted by atomic mass is 35.5. The van der Waals surface area contributed by atoms with E-state index in [1.54, 1.807) is 16.8 Å². The molecule has 2 heterocycles. The van der Waals surface area contributed by atoms with E-state index in [9.17, 15) is 4.79 Å². The van der Waals surface area contributed by atoms with Gasteiger partial charge in [-0.15, -0.1) is 36.2 Å². The fourth-order valence-corrected chi connectivity index (χ4v) is 2.64. The molecule has 1 aliphatic rings. The third kappa shape index (κ3) is 7.11. The van der Waals surface area contributed by atoms with Gasteiger partial charge in [0.05, 0.1) is 11.2 Å². The second-order valence-corrected chi connectivity index (χ2v) is 5.21. The molecule has 1 aliphatic heterocycles. The molecular formula is C12H21Cl2N3OS. The van der Waals surface area contributed by atoms with Crippen molar-refractivity contribution in [2.45, 2.75) is 25.7 Å². The summed E-state index contributed by atoms with van der Waals surface area (Å²) in [7, 11) is 0. The summed E-state index contributed by atoms with van der Waals surface area (Å²) in [6, 6.07) is 0. The van der Waals surface area contributed by atoms with E-state index < -0.39 is 0 Å². The molecule has 1 amide bonds. The van der Waals surface area contributed by atoms with Crippen molar-refractivity contribution in [2.24, 2.45) is 5.92 Å². The van der Waals surface area contributed by atoms with Crippen LogP contribution in [0.15, 0.2) is 10.9 Å². The lowest BCUT2D eigenvalue weighted by atomic mass is 10.00. The van der Waals surface area contributed by atoms with Crippen molar-refractivity contribution in [1.82, 2.24) is 15.6 Å². The van der Waals surface area contributed by atoms with E-state index in [2.05, 4.69) is 15.6 Å². The van der Waals surface area contributed by atoms with Gasteiger partial charge >= 0.3 is 0 Å². The third-order valence-electron chi connectivity index (χ3n) is 3.08. The maximum Gasteiger partial charge on any atom is 0.220 e. The number of aromatic nitrogens is 1. The number of amides is 1. The maximum absolute atomic E-state index is 11.6. The first kappa shape index (κ1) is 18.6. The van der Waals surface area contributed by atoms with Crippen molar-refractivity contribution in [3.8, 4) is 0 Å². The Kier molecular flexibility index (Phi) is 10.2. The van der Waals surface area contributed by atoms with Crippen molar-refractivity contribution >= 4 is 42.1 Å². The van der Waals surface area contributed by atoms with E-state index in [1.165, 1.54) is 12.8 Å². The summed E-state index contributed by atoms with van der Waals surface area (Å²) in [5.41, 5.74) is 2.82. The van der Waals surface area contributed by atoms with Gasteiger partial charge in [-0.25, -0.2) is 4.98 Å².